The topological polar surface area (TPSA) is 9.23 Å². The molecule has 1 nitrogen and oxygen atoms in total. The van der Waals surface area contributed by atoms with Crippen LogP contribution in [0.4, 0.5) is 26.1 Å². The fourth-order valence-corrected chi connectivity index (χ4v) is 1.09. The molecule has 0 heterocycles. The summed E-state index contributed by atoms with van der Waals surface area (Å²) in [5.41, 5.74) is -0.0953. The molecule has 0 aliphatic heterocycles. The van der Waals surface area contributed by atoms with Gasteiger partial charge in [-0.2, -0.15) is 0 Å². The molecule has 1 aromatic rings. The van der Waals surface area contributed by atoms with Crippen molar-refractivity contribution >= 4 is 6.98 Å². The van der Waals surface area contributed by atoms with Crippen molar-refractivity contribution in [2.75, 3.05) is 0 Å². The fourth-order valence-electron chi connectivity index (χ4n) is 1.09. The molecule has 0 bridgehead atoms. The van der Waals surface area contributed by atoms with E-state index in [1.54, 1.807) is 0 Å². The SMILES string of the molecule is F[B-](F)(F)Cc1ccc(OC(F)(F)F)cc1. The summed E-state index contributed by atoms with van der Waals surface area (Å²) in [4.78, 5) is 0. The molecule has 1 rings (SSSR count). The minimum atomic E-state index is -4.99. The van der Waals surface area contributed by atoms with Gasteiger partial charge < -0.3 is 17.7 Å². The Morgan fingerprint density at radius 2 is 1.50 bits per heavy atom. The first-order valence-electron chi connectivity index (χ1n) is 4.21. The van der Waals surface area contributed by atoms with Gasteiger partial charge in [-0.15, -0.1) is 13.2 Å². The summed E-state index contributed by atoms with van der Waals surface area (Å²) in [6, 6.07) is 3.61. The second-order valence-corrected chi connectivity index (χ2v) is 3.11. The average molecular weight is 243 g/mol. The summed E-state index contributed by atoms with van der Waals surface area (Å²) in [6.07, 6.45) is -5.96. The quantitative estimate of drug-likeness (QED) is 0.582. The normalized spacial score (nSPS) is 12.6. The Labute approximate surface area is 87.1 Å². The molecule has 0 N–H and O–H groups in total. The maximum Gasteiger partial charge on any atom is 0.573 e. The highest BCUT2D eigenvalue weighted by Crippen LogP contribution is 2.24. The van der Waals surface area contributed by atoms with Gasteiger partial charge in [0.1, 0.15) is 5.75 Å². The molecular weight excluding hydrogens is 237 g/mol. The average Bonchev–Trinajstić information content (AvgIpc) is 2.03. The summed E-state index contributed by atoms with van der Waals surface area (Å²) in [6.45, 7) is -4.99. The second-order valence-electron chi connectivity index (χ2n) is 3.11. The van der Waals surface area contributed by atoms with Crippen LogP contribution < -0.4 is 4.74 Å². The van der Waals surface area contributed by atoms with Crippen molar-refractivity contribution in [3.05, 3.63) is 29.8 Å². The van der Waals surface area contributed by atoms with Crippen LogP contribution in [0.3, 0.4) is 0 Å². The predicted octanol–water partition coefficient (Wildman–Crippen LogP) is 3.51. The van der Waals surface area contributed by atoms with Crippen molar-refractivity contribution in [2.24, 2.45) is 0 Å². The van der Waals surface area contributed by atoms with Crippen molar-refractivity contribution < 1.29 is 30.9 Å². The van der Waals surface area contributed by atoms with Crippen molar-refractivity contribution in [3.63, 3.8) is 0 Å². The van der Waals surface area contributed by atoms with Crippen LogP contribution in [0, 0.1) is 0 Å². The Balaban J connectivity index is 2.69. The van der Waals surface area contributed by atoms with Crippen molar-refractivity contribution in [2.45, 2.75) is 12.7 Å². The van der Waals surface area contributed by atoms with Crippen LogP contribution in [-0.4, -0.2) is 13.3 Å². The second kappa shape index (κ2) is 4.27. The number of halogens is 6. The first-order valence-corrected chi connectivity index (χ1v) is 4.21. The van der Waals surface area contributed by atoms with Gasteiger partial charge in [-0.3, -0.25) is 0 Å². The molecule has 0 aromatic heterocycles. The van der Waals surface area contributed by atoms with E-state index in [9.17, 15) is 26.1 Å². The zero-order chi connectivity index (χ0) is 12.4. The third-order valence-electron chi connectivity index (χ3n) is 1.62. The van der Waals surface area contributed by atoms with Crippen LogP contribution in [0.5, 0.6) is 5.75 Å². The molecule has 0 fully saturated rings. The van der Waals surface area contributed by atoms with E-state index in [1.807, 2.05) is 0 Å². The number of hydrogen-bond acceptors (Lipinski definition) is 1. The molecule has 0 saturated carbocycles. The molecule has 0 radical (unpaired) electrons. The summed E-state index contributed by atoms with van der Waals surface area (Å²) >= 11 is 0. The van der Waals surface area contributed by atoms with Gasteiger partial charge in [0.25, 0.3) is 0 Å². The van der Waals surface area contributed by atoms with Crippen LogP contribution >= 0.6 is 0 Å². The smallest absolute Gasteiger partial charge is 0.449 e. The Morgan fingerprint density at radius 3 is 1.88 bits per heavy atom. The molecule has 0 aliphatic carbocycles. The minimum absolute atomic E-state index is 0.0953. The molecule has 90 valence electrons. The molecule has 1 aromatic carbocycles. The van der Waals surface area contributed by atoms with Gasteiger partial charge in [-0.25, -0.2) is 0 Å². The maximum atomic E-state index is 12.0. The first kappa shape index (κ1) is 12.7. The lowest BCUT2D eigenvalue weighted by molar-refractivity contribution is -0.274. The lowest BCUT2D eigenvalue weighted by Gasteiger charge is -2.14. The van der Waals surface area contributed by atoms with E-state index >= 15 is 0 Å². The highest BCUT2D eigenvalue weighted by atomic mass is 19.4. The van der Waals surface area contributed by atoms with E-state index in [-0.39, 0.29) is 5.56 Å². The highest BCUT2D eigenvalue weighted by Gasteiger charge is 2.31. The fraction of sp³-hybridized carbons (Fsp3) is 0.250. The zero-order valence-electron chi connectivity index (χ0n) is 7.77. The van der Waals surface area contributed by atoms with Crippen LogP contribution in [0.25, 0.3) is 0 Å². The standard InChI is InChI=1S/C8H6BF6O/c10-8(11,12)16-7-3-1-6(2-4-7)5-9(13,14)15/h1-4H,5H2/q-1. The van der Waals surface area contributed by atoms with E-state index in [2.05, 4.69) is 4.74 Å². The summed E-state index contributed by atoms with van der Waals surface area (Å²) in [7, 11) is 0. The van der Waals surface area contributed by atoms with E-state index in [0.717, 1.165) is 24.3 Å². The Kier molecular flexibility index (Phi) is 3.40. The Bertz CT molecular complexity index is 306. The van der Waals surface area contributed by atoms with E-state index < -0.39 is 25.4 Å². The first-order chi connectivity index (χ1) is 7.16. The Morgan fingerprint density at radius 1 is 1.00 bits per heavy atom. The van der Waals surface area contributed by atoms with Crippen LogP contribution in [0.1, 0.15) is 5.56 Å². The molecule has 0 amide bonds. The lowest BCUT2D eigenvalue weighted by atomic mass is 9.82. The number of ether oxygens (including phenoxy) is 1. The van der Waals surface area contributed by atoms with Gasteiger partial charge in [0.15, 0.2) is 0 Å². The van der Waals surface area contributed by atoms with Crippen LogP contribution in [-0.2, 0) is 6.32 Å². The van der Waals surface area contributed by atoms with Gasteiger partial charge >= 0.3 is 13.3 Å². The number of alkyl halides is 3. The number of rotatable bonds is 3. The summed E-state index contributed by atoms with van der Waals surface area (Å²) in [5, 5.41) is 0. The van der Waals surface area contributed by atoms with E-state index in [4.69, 9.17) is 0 Å². The van der Waals surface area contributed by atoms with Crippen molar-refractivity contribution in [1.82, 2.24) is 0 Å². The Hall–Kier alpha value is -1.34. The monoisotopic (exact) mass is 243 g/mol. The van der Waals surface area contributed by atoms with Gasteiger partial charge in [-0.05, 0) is 12.1 Å². The molecule has 0 unspecified atom stereocenters. The van der Waals surface area contributed by atoms with Crippen LogP contribution in [0.15, 0.2) is 24.3 Å². The summed E-state index contributed by atoms with van der Waals surface area (Å²) < 4.78 is 74.5. The van der Waals surface area contributed by atoms with Gasteiger partial charge in [-0.1, -0.05) is 24.0 Å². The molecular formula is C8H6BF6O-. The van der Waals surface area contributed by atoms with Gasteiger partial charge in [0.2, 0.25) is 0 Å². The van der Waals surface area contributed by atoms with Crippen LogP contribution in [0.2, 0.25) is 0 Å². The number of benzene rings is 1. The van der Waals surface area contributed by atoms with Crippen molar-refractivity contribution in [1.29, 1.82) is 0 Å². The predicted molar refractivity (Wildman–Crippen MR) is 45.9 cm³/mol. The van der Waals surface area contributed by atoms with Gasteiger partial charge in [0, 0.05) is 0 Å². The van der Waals surface area contributed by atoms with E-state index in [0.29, 0.717) is 0 Å². The summed E-state index contributed by atoms with van der Waals surface area (Å²) in [5.74, 6) is -0.536. The third kappa shape index (κ3) is 4.95. The lowest BCUT2D eigenvalue weighted by Crippen LogP contribution is -2.19. The minimum Gasteiger partial charge on any atom is -0.449 e. The molecule has 0 spiro atoms. The maximum absolute atomic E-state index is 12.0. The number of hydrogen-bond donors (Lipinski definition) is 0. The molecule has 0 atom stereocenters. The molecule has 16 heavy (non-hydrogen) atoms. The zero-order valence-corrected chi connectivity index (χ0v) is 7.77. The van der Waals surface area contributed by atoms with Gasteiger partial charge in [0.05, 0.1) is 0 Å². The molecule has 0 aliphatic rings. The molecule has 8 heteroatoms. The highest BCUT2D eigenvalue weighted by molar-refractivity contribution is 6.57. The van der Waals surface area contributed by atoms with Crippen molar-refractivity contribution in [3.8, 4) is 5.75 Å². The third-order valence-corrected chi connectivity index (χ3v) is 1.62. The largest absolute Gasteiger partial charge is 0.573 e. The molecule has 0 saturated heterocycles. The van der Waals surface area contributed by atoms with E-state index in [1.165, 1.54) is 0 Å².